The zero-order valence-electron chi connectivity index (χ0n) is 11.3. The summed E-state index contributed by atoms with van der Waals surface area (Å²) in [6.07, 6.45) is 1.10. The first-order valence-corrected chi connectivity index (χ1v) is 6.19. The number of para-hydroxylation sites is 1. The lowest BCUT2D eigenvalue weighted by Crippen LogP contribution is -2.31. The lowest BCUT2D eigenvalue weighted by molar-refractivity contribution is 0.351. The molecule has 0 spiro atoms. The van der Waals surface area contributed by atoms with Crippen LogP contribution in [0.4, 0.5) is 0 Å². The van der Waals surface area contributed by atoms with E-state index in [0.717, 1.165) is 18.5 Å². The van der Waals surface area contributed by atoms with Crippen molar-refractivity contribution in [3.63, 3.8) is 0 Å². The maximum absolute atomic E-state index is 9.76. The third kappa shape index (κ3) is 4.75. The van der Waals surface area contributed by atoms with Crippen LogP contribution in [0.5, 0.6) is 5.75 Å². The fourth-order valence-electron chi connectivity index (χ4n) is 1.91. The van der Waals surface area contributed by atoms with Gasteiger partial charge in [-0.3, -0.25) is 0 Å². The summed E-state index contributed by atoms with van der Waals surface area (Å²) in [7, 11) is 4.17. The maximum Gasteiger partial charge on any atom is 0.120 e. The molecule has 0 aliphatic carbocycles. The van der Waals surface area contributed by atoms with Crippen LogP contribution in [0.2, 0.25) is 0 Å². The normalized spacial score (nSPS) is 14.9. The lowest BCUT2D eigenvalue weighted by atomic mass is 10.1. The van der Waals surface area contributed by atoms with Crippen LogP contribution >= 0.6 is 0 Å². The smallest absolute Gasteiger partial charge is 0.120 e. The van der Waals surface area contributed by atoms with Gasteiger partial charge in [0.2, 0.25) is 0 Å². The zero-order valence-corrected chi connectivity index (χ0v) is 11.3. The van der Waals surface area contributed by atoms with Crippen molar-refractivity contribution >= 4 is 0 Å². The summed E-state index contributed by atoms with van der Waals surface area (Å²) in [4.78, 5) is 2.18. The van der Waals surface area contributed by atoms with E-state index in [9.17, 15) is 5.11 Å². The van der Waals surface area contributed by atoms with E-state index in [-0.39, 0.29) is 6.04 Å². The molecule has 0 amide bonds. The van der Waals surface area contributed by atoms with Crippen molar-refractivity contribution in [2.24, 2.45) is 0 Å². The molecule has 0 saturated heterocycles. The van der Waals surface area contributed by atoms with Crippen molar-refractivity contribution < 1.29 is 5.11 Å². The van der Waals surface area contributed by atoms with E-state index >= 15 is 0 Å². The average molecular weight is 236 g/mol. The summed E-state index contributed by atoms with van der Waals surface area (Å²) in [5.41, 5.74) is 0.962. The molecule has 0 saturated carbocycles. The topological polar surface area (TPSA) is 35.5 Å². The van der Waals surface area contributed by atoms with Gasteiger partial charge in [-0.05, 0) is 47.0 Å². The first kappa shape index (κ1) is 14.0. The predicted octanol–water partition coefficient (Wildman–Crippen LogP) is 2.38. The number of nitrogens with zero attached hydrogens (tertiary/aromatic N) is 1. The molecule has 0 aliphatic heterocycles. The SMILES string of the molecule is CC(CCN(C)C)NC(C)c1ccccc1O. The van der Waals surface area contributed by atoms with E-state index in [1.54, 1.807) is 6.07 Å². The number of nitrogens with one attached hydrogen (secondary N) is 1. The van der Waals surface area contributed by atoms with E-state index < -0.39 is 0 Å². The van der Waals surface area contributed by atoms with Crippen LogP contribution in [-0.2, 0) is 0 Å². The number of aromatic hydroxyl groups is 1. The molecule has 1 aromatic carbocycles. The molecule has 17 heavy (non-hydrogen) atoms. The molecule has 96 valence electrons. The van der Waals surface area contributed by atoms with Gasteiger partial charge in [0.25, 0.3) is 0 Å². The van der Waals surface area contributed by atoms with Gasteiger partial charge >= 0.3 is 0 Å². The molecular formula is C14H24N2O. The molecule has 1 rings (SSSR count). The van der Waals surface area contributed by atoms with Gasteiger partial charge in [0, 0.05) is 17.6 Å². The molecule has 0 radical (unpaired) electrons. The molecule has 3 nitrogen and oxygen atoms in total. The average Bonchev–Trinajstić information content (AvgIpc) is 2.26. The maximum atomic E-state index is 9.76. The van der Waals surface area contributed by atoms with Gasteiger partial charge in [0.1, 0.15) is 5.75 Å². The highest BCUT2D eigenvalue weighted by molar-refractivity contribution is 5.34. The second-order valence-corrected chi connectivity index (χ2v) is 4.94. The fourth-order valence-corrected chi connectivity index (χ4v) is 1.91. The molecule has 2 N–H and O–H groups in total. The van der Waals surface area contributed by atoms with Crippen LogP contribution in [-0.4, -0.2) is 36.7 Å². The molecule has 2 atom stereocenters. The predicted molar refractivity (Wildman–Crippen MR) is 72.3 cm³/mol. The van der Waals surface area contributed by atoms with Crippen LogP contribution in [0.25, 0.3) is 0 Å². The van der Waals surface area contributed by atoms with Gasteiger partial charge < -0.3 is 15.3 Å². The summed E-state index contributed by atoms with van der Waals surface area (Å²) < 4.78 is 0. The van der Waals surface area contributed by atoms with Crippen LogP contribution in [0.1, 0.15) is 31.9 Å². The molecule has 1 aromatic rings. The van der Waals surface area contributed by atoms with Crippen LogP contribution in [0.15, 0.2) is 24.3 Å². The van der Waals surface area contributed by atoms with Gasteiger partial charge in [0.15, 0.2) is 0 Å². The Morgan fingerprint density at radius 3 is 2.47 bits per heavy atom. The minimum atomic E-state index is 0.174. The molecule has 0 aliphatic rings. The Kier molecular flexibility index (Phi) is 5.45. The Morgan fingerprint density at radius 2 is 1.88 bits per heavy atom. The Bertz CT molecular complexity index is 339. The van der Waals surface area contributed by atoms with E-state index in [1.165, 1.54) is 0 Å². The summed E-state index contributed by atoms with van der Waals surface area (Å²) in [6, 6.07) is 8.11. The third-order valence-corrected chi connectivity index (χ3v) is 2.95. The van der Waals surface area contributed by atoms with E-state index in [4.69, 9.17) is 0 Å². The van der Waals surface area contributed by atoms with Crippen LogP contribution in [0, 0.1) is 0 Å². The van der Waals surface area contributed by atoms with Gasteiger partial charge in [-0.2, -0.15) is 0 Å². The van der Waals surface area contributed by atoms with Crippen molar-refractivity contribution in [1.29, 1.82) is 0 Å². The zero-order chi connectivity index (χ0) is 12.8. The Hall–Kier alpha value is -1.06. The van der Waals surface area contributed by atoms with Gasteiger partial charge in [-0.1, -0.05) is 18.2 Å². The molecule has 0 aromatic heterocycles. The van der Waals surface area contributed by atoms with Gasteiger partial charge in [0.05, 0.1) is 0 Å². The highest BCUT2D eigenvalue weighted by Crippen LogP contribution is 2.23. The molecule has 0 bridgehead atoms. The largest absolute Gasteiger partial charge is 0.508 e. The second-order valence-electron chi connectivity index (χ2n) is 4.94. The summed E-state index contributed by atoms with van der Waals surface area (Å²) in [5.74, 6) is 0.368. The highest BCUT2D eigenvalue weighted by atomic mass is 16.3. The van der Waals surface area contributed by atoms with Crippen molar-refractivity contribution in [1.82, 2.24) is 10.2 Å². The molecule has 2 unspecified atom stereocenters. The van der Waals surface area contributed by atoms with Crippen molar-refractivity contribution in [2.45, 2.75) is 32.4 Å². The number of rotatable bonds is 6. The lowest BCUT2D eigenvalue weighted by Gasteiger charge is -2.22. The number of hydrogen-bond acceptors (Lipinski definition) is 3. The van der Waals surface area contributed by atoms with Crippen LogP contribution in [0.3, 0.4) is 0 Å². The van der Waals surface area contributed by atoms with E-state index in [2.05, 4.69) is 38.2 Å². The Morgan fingerprint density at radius 1 is 1.24 bits per heavy atom. The summed E-state index contributed by atoms with van der Waals surface area (Å²) in [6.45, 7) is 5.34. The van der Waals surface area contributed by atoms with Crippen LogP contribution < -0.4 is 5.32 Å². The first-order chi connectivity index (χ1) is 8.00. The molecular weight excluding hydrogens is 212 g/mol. The monoisotopic (exact) mass is 236 g/mol. The van der Waals surface area contributed by atoms with Crippen molar-refractivity contribution in [3.8, 4) is 5.75 Å². The quantitative estimate of drug-likeness (QED) is 0.796. The standard InChI is InChI=1S/C14H24N2O/c1-11(9-10-16(3)4)15-12(2)13-7-5-6-8-14(13)17/h5-8,11-12,15,17H,9-10H2,1-4H3. The summed E-state index contributed by atoms with van der Waals surface area (Å²) >= 11 is 0. The van der Waals surface area contributed by atoms with Gasteiger partial charge in [-0.15, -0.1) is 0 Å². The number of hydrogen-bond donors (Lipinski definition) is 2. The third-order valence-electron chi connectivity index (χ3n) is 2.95. The first-order valence-electron chi connectivity index (χ1n) is 6.19. The molecule has 3 heteroatoms. The highest BCUT2D eigenvalue weighted by Gasteiger charge is 2.12. The van der Waals surface area contributed by atoms with Crippen molar-refractivity contribution in [2.75, 3.05) is 20.6 Å². The fraction of sp³-hybridized carbons (Fsp3) is 0.571. The molecule has 0 fully saturated rings. The van der Waals surface area contributed by atoms with Crippen molar-refractivity contribution in [3.05, 3.63) is 29.8 Å². The minimum Gasteiger partial charge on any atom is -0.508 e. The Balaban J connectivity index is 2.49. The second kappa shape index (κ2) is 6.62. The van der Waals surface area contributed by atoms with E-state index in [1.807, 2.05) is 18.2 Å². The Labute approximate surface area is 104 Å². The number of phenolic OH excluding ortho intramolecular Hbond substituents is 1. The number of phenols is 1. The van der Waals surface area contributed by atoms with Gasteiger partial charge in [-0.25, -0.2) is 0 Å². The number of benzene rings is 1. The van der Waals surface area contributed by atoms with E-state index in [0.29, 0.717) is 11.8 Å². The molecule has 0 heterocycles. The summed E-state index contributed by atoms with van der Waals surface area (Å²) in [5, 5.41) is 13.3. The minimum absolute atomic E-state index is 0.174.